The third kappa shape index (κ3) is 2.47. The molecule has 3 heteroatoms. The first-order chi connectivity index (χ1) is 6.90. The molecule has 2 aliphatic heterocycles. The van der Waals surface area contributed by atoms with E-state index < -0.39 is 0 Å². The van der Waals surface area contributed by atoms with Gasteiger partial charge in [0.1, 0.15) is 0 Å². The summed E-state index contributed by atoms with van der Waals surface area (Å²) in [5.74, 6) is 0.942. The first kappa shape index (κ1) is 10.4. The summed E-state index contributed by atoms with van der Waals surface area (Å²) in [6, 6.07) is 0.803. The third-order valence-corrected chi connectivity index (χ3v) is 3.51. The maximum absolute atomic E-state index is 5.05. The van der Waals surface area contributed by atoms with Crippen molar-refractivity contribution in [3.8, 4) is 0 Å². The molecule has 0 amide bonds. The third-order valence-electron chi connectivity index (χ3n) is 3.51. The van der Waals surface area contributed by atoms with E-state index in [1.807, 2.05) is 0 Å². The highest BCUT2D eigenvalue weighted by atomic mass is 16.5. The van der Waals surface area contributed by atoms with Crippen LogP contribution in [0.15, 0.2) is 0 Å². The molecule has 2 aliphatic rings. The lowest BCUT2D eigenvalue weighted by Gasteiger charge is -2.16. The molecule has 0 saturated carbocycles. The number of hydrogen-bond donors (Lipinski definition) is 1. The molecular weight excluding hydrogens is 176 g/mol. The van der Waals surface area contributed by atoms with Crippen LogP contribution in [0.1, 0.15) is 19.3 Å². The van der Waals surface area contributed by atoms with Crippen LogP contribution >= 0.6 is 0 Å². The molecule has 3 nitrogen and oxygen atoms in total. The van der Waals surface area contributed by atoms with Crippen molar-refractivity contribution in [2.75, 3.05) is 39.9 Å². The van der Waals surface area contributed by atoms with Crippen molar-refractivity contribution in [2.24, 2.45) is 5.92 Å². The molecule has 2 rings (SSSR count). The molecule has 0 aromatic carbocycles. The highest BCUT2D eigenvalue weighted by Crippen LogP contribution is 2.24. The standard InChI is InChI=1S/C11H22N2O/c1-14-7-3-2-6-13-8-10-4-5-12-11(10)9-13/h10-12H,2-9H2,1H3/t10-,11+/m0/s1. The SMILES string of the molecule is COCCCCN1C[C@@H]2CCN[C@@H]2C1. The summed E-state index contributed by atoms with van der Waals surface area (Å²) in [5, 5.41) is 3.58. The van der Waals surface area contributed by atoms with E-state index >= 15 is 0 Å². The van der Waals surface area contributed by atoms with Crippen LogP contribution in [0.3, 0.4) is 0 Å². The molecule has 0 bridgehead atoms. The van der Waals surface area contributed by atoms with Crippen LogP contribution < -0.4 is 5.32 Å². The number of rotatable bonds is 5. The van der Waals surface area contributed by atoms with E-state index in [-0.39, 0.29) is 0 Å². The Bertz CT molecular complexity index is 163. The number of methoxy groups -OCH3 is 1. The Balaban J connectivity index is 1.60. The van der Waals surface area contributed by atoms with Crippen molar-refractivity contribution in [1.29, 1.82) is 0 Å². The number of ether oxygens (including phenoxy) is 1. The molecule has 82 valence electrons. The molecule has 1 N–H and O–H groups in total. The summed E-state index contributed by atoms with van der Waals surface area (Å²) < 4.78 is 5.05. The van der Waals surface area contributed by atoms with Gasteiger partial charge in [0.05, 0.1) is 0 Å². The Kier molecular flexibility index (Phi) is 3.79. The Hall–Kier alpha value is -0.120. The zero-order chi connectivity index (χ0) is 9.80. The van der Waals surface area contributed by atoms with Crippen molar-refractivity contribution in [2.45, 2.75) is 25.3 Å². The monoisotopic (exact) mass is 198 g/mol. The number of hydrogen-bond acceptors (Lipinski definition) is 3. The molecule has 0 aromatic rings. The fourth-order valence-electron chi connectivity index (χ4n) is 2.70. The number of fused-ring (bicyclic) bond motifs is 1. The Morgan fingerprint density at radius 3 is 3.07 bits per heavy atom. The van der Waals surface area contributed by atoms with Crippen LogP contribution in [0.2, 0.25) is 0 Å². The van der Waals surface area contributed by atoms with Crippen molar-refractivity contribution < 1.29 is 4.74 Å². The maximum atomic E-state index is 5.05. The predicted octanol–water partition coefficient (Wildman–Crippen LogP) is 0.707. The van der Waals surface area contributed by atoms with E-state index in [9.17, 15) is 0 Å². The van der Waals surface area contributed by atoms with Gasteiger partial charge in [-0.2, -0.15) is 0 Å². The van der Waals surface area contributed by atoms with Gasteiger partial charge in [-0.3, -0.25) is 0 Å². The zero-order valence-corrected chi connectivity index (χ0v) is 9.17. The number of nitrogens with one attached hydrogen (secondary N) is 1. The fourth-order valence-corrected chi connectivity index (χ4v) is 2.70. The van der Waals surface area contributed by atoms with Crippen molar-refractivity contribution in [3.05, 3.63) is 0 Å². The summed E-state index contributed by atoms with van der Waals surface area (Å²) in [6.45, 7) is 6.02. The summed E-state index contributed by atoms with van der Waals surface area (Å²) >= 11 is 0. The van der Waals surface area contributed by atoms with Crippen LogP contribution in [0.25, 0.3) is 0 Å². The van der Waals surface area contributed by atoms with E-state index in [1.54, 1.807) is 7.11 Å². The normalized spacial score (nSPS) is 32.4. The smallest absolute Gasteiger partial charge is 0.0462 e. The molecule has 0 aliphatic carbocycles. The van der Waals surface area contributed by atoms with Gasteiger partial charge in [0, 0.05) is 32.8 Å². The van der Waals surface area contributed by atoms with Crippen LogP contribution in [-0.4, -0.2) is 50.8 Å². The molecule has 2 fully saturated rings. The Labute approximate surface area is 86.8 Å². The van der Waals surface area contributed by atoms with E-state index in [0.717, 1.165) is 18.6 Å². The van der Waals surface area contributed by atoms with Gasteiger partial charge >= 0.3 is 0 Å². The van der Waals surface area contributed by atoms with Gasteiger partial charge in [0.2, 0.25) is 0 Å². The van der Waals surface area contributed by atoms with Gasteiger partial charge in [0.25, 0.3) is 0 Å². The molecular formula is C11H22N2O. The number of unbranched alkanes of at least 4 members (excludes halogenated alkanes) is 1. The van der Waals surface area contributed by atoms with Gasteiger partial charge < -0.3 is 15.0 Å². The lowest BCUT2D eigenvalue weighted by molar-refractivity contribution is 0.186. The second-order valence-electron chi connectivity index (χ2n) is 4.57. The Morgan fingerprint density at radius 2 is 2.29 bits per heavy atom. The Morgan fingerprint density at radius 1 is 1.36 bits per heavy atom. The molecule has 0 unspecified atom stereocenters. The number of nitrogens with zero attached hydrogens (tertiary/aromatic N) is 1. The van der Waals surface area contributed by atoms with Gasteiger partial charge in [-0.25, -0.2) is 0 Å². The minimum Gasteiger partial charge on any atom is -0.385 e. The van der Waals surface area contributed by atoms with Crippen LogP contribution in [0, 0.1) is 5.92 Å². The van der Waals surface area contributed by atoms with E-state index in [4.69, 9.17) is 4.74 Å². The molecule has 2 heterocycles. The highest BCUT2D eigenvalue weighted by molar-refractivity contribution is 4.93. The van der Waals surface area contributed by atoms with E-state index in [0.29, 0.717) is 0 Å². The number of likely N-dealkylation sites (tertiary alicyclic amines) is 1. The summed E-state index contributed by atoms with van der Waals surface area (Å²) in [6.07, 6.45) is 3.88. The molecule has 0 spiro atoms. The van der Waals surface area contributed by atoms with Crippen LogP contribution in [0.5, 0.6) is 0 Å². The lowest BCUT2D eigenvalue weighted by atomic mass is 10.1. The molecule has 2 atom stereocenters. The second-order valence-corrected chi connectivity index (χ2v) is 4.57. The minimum absolute atomic E-state index is 0.803. The first-order valence-electron chi connectivity index (χ1n) is 5.85. The van der Waals surface area contributed by atoms with E-state index in [2.05, 4.69) is 10.2 Å². The summed E-state index contributed by atoms with van der Waals surface area (Å²) in [5.41, 5.74) is 0. The summed E-state index contributed by atoms with van der Waals surface area (Å²) in [7, 11) is 1.78. The van der Waals surface area contributed by atoms with Crippen molar-refractivity contribution in [1.82, 2.24) is 10.2 Å². The minimum atomic E-state index is 0.803. The van der Waals surface area contributed by atoms with Gasteiger partial charge in [-0.1, -0.05) is 0 Å². The average Bonchev–Trinajstić information content (AvgIpc) is 2.72. The van der Waals surface area contributed by atoms with Gasteiger partial charge in [-0.05, 0) is 38.3 Å². The van der Waals surface area contributed by atoms with Crippen LogP contribution in [0.4, 0.5) is 0 Å². The van der Waals surface area contributed by atoms with Crippen molar-refractivity contribution >= 4 is 0 Å². The quantitative estimate of drug-likeness (QED) is 0.658. The second kappa shape index (κ2) is 5.10. The van der Waals surface area contributed by atoms with Crippen LogP contribution in [-0.2, 0) is 4.74 Å². The predicted molar refractivity (Wildman–Crippen MR) is 57.4 cm³/mol. The fraction of sp³-hybridized carbons (Fsp3) is 1.00. The molecule has 0 aromatic heterocycles. The van der Waals surface area contributed by atoms with Gasteiger partial charge in [-0.15, -0.1) is 0 Å². The zero-order valence-electron chi connectivity index (χ0n) is 9.17. The average molecular weight is 198 g/mol. The maximum Gasteiger partial charge on any atom is 0.0462 e. The molecule has 0 radical (unpaired) electrons. The topological polar surface area (TPSA) is 24.5 Å². The first-order valence-corrected chi connectivity index (χ1v) is 5.85. The lowest BCUT2D eigenvalue weighted by Crippen LogP contribution is -2.30. The highest BCUT2D eigenvalue weighted by Gasteiger charge is 2.35. The molecule has 14 heavy (non-hydrogen) atoms. The molecule has 2 saturated heterocycles. The largest absolute Gasteiger partial charge is 0.385 e. The summed E-state index contributed by atoms with van der Waals surface area (Å²) in [4.78, 5) is 2.61. The van der Waals surface area contributed by atoms with Gasteiger partial charge in [0.15, 0.2) is 0 Å². The van der Waals surface area contributed by atoms with E-state index in [1.165, 1.54) is 45.4 Å². The van der Waals surface area contributed by atoms with Crippen molar-refractivity contribution in [3.63, 3.8) is 0 Å².